The number of fused-ring (bicyclic) bond motifs is 1. The van der Waals surface area contributed by atoms with Crippen molar-refractivity contribution >= 4 is 44.7 Å². The van der Waals surface area contributed by atoms with Crippen LogP contribution in [-0.4, -0.2) is 29.5 Å². The molecule has 0 amide bonds. The van der Waals surface area contributed by atoms with Gasteiger partial charge in [-0.3, -0.25) is 0 Å². The molecule has 3 rings (SSSR count). The second-order valence-corrected chi connectivity index (χ2v) is 7.92. The molecule has 19 heavy (non-hydrogen) atoms. The number of rotatable bonds is 1. The molecule has 0 bridgehead atoms. The molecule has 1 saturated heterocycles. The highest BCUT2D eigenvalue weighted by Crippen LogP contribution is 2.28. The van der Waals surface area contributed by atoms with Gasteiger partial charge in [-0.15, -0.1) is 0 Å². The Morgan fingerprint density at radius 3 is 2.95 bits per heavy atom. The van der Waals surface area contributed by atoms with Gasteiger partial charge in [0.05, 0.1) is 28.6 Å². The number of benzene rings is 1. The summed E-state index contributed by atoms with van der Waals surface area (Å²) in [5, 5.41) is 0.632. The van der Waals surface area contributed by atoms with E-state index in [4.69, 9.17) is 23.8 Å². The third-order valence-electron chi connectivity index (χ3n) is 3.48. The molecule has 1 fully saturated rings. The molecule has 0 aliphatic carbocycles. The average Bonchev–Trinajstić information content (AvgIpc) is 2.62. The predicted molar refractivity (Wildman–Crippen MR) is 79.1 cm³/mol. The molecule has 1 aromatic carbocycles. The smallest absolute Gasteiger partial charge is 0.178 e. The van der Waals surface area contributed by atoms with Crippen LogP contribution < -0.4 is 0 Å². The van der Waals surface area contributed by atoms with Gasteiger partial charge >= 0.3 is 0 Å². The molecule has 1 aromatic heterocycles. The van der Waals surface area contributed by atoms with Crippen molar-refractivity contribution in [2.24, 2.45) is 0 Å². The van der Waals surface area contributed by atoms with Gasteiger partial charge in [0, 0.05) is 5.02 Å². The van der Waals surface area contributed by atoms with Gasteiger partial charge in [-0.05, 0) is 43.3 Å². The van der Waals surface area contributed by atoms with Gasteiger partial charge in [-0.25, -0.2) is 8.42 Å². The molecule has 2 heterocycles. The van der Waals surface area contributed by atoms with Crippen molar-refractivity contribution in [3.8, 4) is 0 Å². The monoisotopic (exact) mass is 316 g/mol. The molecule has 1 aliphatic rings. The highest BCUT2D eigenvalue weighted by Gasteiger charge is 2.27. The topological polar surface area (TPSA) is 54.9 Å². The summed E-state index contributed by atoms with van der Waals surface area (Å²) in [5.74, 6) is 0.446. The van der Waals surface area contributed by atoms with Crippen LogP contribution in [0.3, 0.4) is 0 Å². The highest BCUT2D eigenvalue weighted by molar-refractivity contribution is 7.91. The summed E-state index contributed by atoms with van der Waals surface area (Å²) < 4.78 is 26.0. The molecular weight excluding hydrogens is 304 g/mol. The first-order valence-corrected chi connectivity index (χ1v) is 8.67. The van der Waals surface area contributed by atoms with Crippen LogP contribution in [-0.2, 0) is 9.84 Å². The Balaban J connectivity index is 2.15. The SMILES string of the molecule is O=S1(=O)CCCC(n2c(=S)[nH]c3cc(Cl)ccc32)C1. The Bertz CT molecular complexity index is 792. The van der Waals surface area contributed by atoms with E-state index in [1.165, 1.54) is 0 Å². The molecule has 1 N–H and O–H groups in total. The average molecular weight is 317 g/mol. The lowest BCUT2D eigenvalue weighted by Crippen LogP contribution is -2.27. The summed E-state index contributed by atoms with van der Waals surface area (Å²) in [7, 11) is -2.96. The third-order valence-corrected chi connectivity index (χ3v) is 5.82. The van der Waals surface area contributed by atoms with Crippen molar-refractivity contribution in [1.82, 2.24) is 9.55 Å². The van der Waals surface area contributed by atoms with E-state index in [2.05, 4.69) is 4.98 Å². The second kappa shape index (κ2) is 4.61. The van der Waals surface area contributed by atoms with Crippen molar-refractivity contribution in [3.63, 3.8) is 0 Å². The van der Waals surface area contributed by atoms with Crippen LogP contribution in [0.5, 0.6) is 0 Å². The number of nitrogens with one attached hydrogen (secondary N) is 1. The third kappa shape index (κ3) is 2.44. The number of hydrogen-bond acceptors (Lipinski definition) is 3. The Morgan fingerprint density at radius 1 is 1.42 bits per heavy atom. The van der Waals surface area contributed by atoms with Crippen molar-refractivity contribution in [2.75, 3.05) is 11.5 Å². The van der Waals surface area contributed by atoms with Crippen molar-refractivity contribution in [3.05, 3.63) is 28.0 Å². The summed E-state index contributed by atoms with van der Waals surface area (Å²) in [5.41, 5.74) is 1.76. The normalized spacial score (nSPS) is 22.7. The minimum atomic E-state index is -2.96. The van der Waals surface area contributed by atoms with E-state index in [1.54, 1.807) is 12.1 Å². The molecule has 0 radical (unpaired) electrons. The molecule has 4 nitrogen and oxygen atoms in total. The summed E-state index contributed by atoms with van der Waals surface area (Å²) in [6.45, 7) is 0. The van der Waals surface area contributed by atoms with Gasteiger partial charge in [0.2, 0.25) is 0 Å². The number of aromatic amines is 1. The second-order valence-electron chi connectivity index (χ2n) is 4.87. The molecule has 1 aliphatic heterocycles. The maximum Gasteiger partial charge on any atom is 0.178 e. The molecule has 0 saturated carbocycles. The quantitative estimate of drug-likeness (QED) is 0.822. The summed E-state index contributed by atoms with van der Waals surface area (Å²) in [6, 6.07) is 5.40. The molecule has 1 atom stereocenters. The fourth-order valence-corrected chi connectivity index (χ4v) is 4.87. The maximum atomic E-state index is 11.8. The van der Waals surface area contributed by atoms with Crippen LogP contribution in [0.25, 0.3) is 11.0 Å². The van der Waals surface area contributed by atoms with Gasteiger partial charge in [0.25, 0.3) is 0 Å². The number of halogens is 1. The van der Waals surface area contributed by atoms with E-state index in [9.17, 15) is 8.42 Å². The van der Waals surface area contributed by atoms with E-state index < -0.39 is 9.84 Å². The highest BCUT2D eigenvalue weighted by atomic mass is 35.5. The van der Waals surface area contributed by atoms with Crippen LogP contribution in [0.1, 0.15) is 18.9 Å². The standard InChI is InChI=1S/C12H13ClN2O2S2/c13-8-3-4-11-10(6-8)14-12(18)15(11)9-2-1-5-19(16,17)7-9/h3-4,6,9H,1-2,5,7H2,(H,14,18). The van der Waals surface area contributed by atoms with Crippen LogP contribution in [0.2, 0.25) is 5.02 Å². The molecule has 1 unspecified atom stereocenters. The Kier molecular flexibility index (Phi) is 3.19. The van der Waals surface area contributed by atoms with E-state index in [1.807, 2.05) is 10.6 Å². The van der Waals surface area contributed by atoms with Crippen molar-refractivity contribution < 1.29 is 8.42 Å². The van der Waals surface area contributed by atoms with Gasteiger partial charge in [0.15, 0.2) is 14.6 Å². The molecular formula is C12H13ClN2O2S2. The molecule has 2 aromatic rings. The van der Waals surface area contributed by atoms with Gasteiger partial charge in [0.1, 0.15) is 0 Å². The van der Waals surface area contributed by atoms with Gasteiger partial charge < -0.3 is 9.55 Å². The Hall–Kier alpha value is -0.850. The number of nitrogens with zero attached hydrogens (tertiary/aromatic N) is 1. The number of H-pyrrole nitrogens is 1. The number of sulfone groups is 1. The Morgan fingerprint density at radius 2 is 2.21 bits per heavy atom. The van der Waals surface area contributed by atoms with E-state index >= 15 is 0 Å². The fourth-order valence-electron chi connectivity index (χ4n) is 2.67. The lowest BCUT2D eigenvalue weighted by atomic mass is 10.2. The number of aromatic nitrogens is 2. The summed E-state index contributed by atoms with van der Waals surface area (Å²) in [6.07, 6.45) is 1.53. The van der Waals surface area contributed by atoms with E-state index in [0.29, 0.717) is 16.2 Å². The van der Waals surface area contributed by atoms with Crippen molar-refractivity contribution in [1.29, 1.82) is 0 Å². The van der Waals surface area contributed by atoms with E-state index in [-0.39, 0.29) is 17.5 Å². The van der Waals surface area contributed by atoms with Crippen LogP contribution >= 0.6 is 23.8 Å². The first-order valence-electron chi connectivity index (χ1n) is 6.06. The number of imidazole rings is 1. The lowest BCUT2D eigenvalue weighted by molar-refractivity contribution is 0.475. The fraction of sp³-hybridized carbons (Fsp3) is 0.417. The van der Waals surface area contributed by atoms with Gasteiger partial charge in [-0.1, -0.05) is 11.6 Å². The lowest BCUT2D eigenvalue weighted by Gasteiger charge is -2.23. The first-order chi connectivity index (χ1) is 8.96. The molecule has 7 heteroatoms. The molecule has 102 valence electrons. The first kappa shape index (κ1) is 13.1. The number of hydrogen-bond donors (Lipinski definition) is 1. The Labute approximate surface area is 121 Å². The maximum absolute atomic E-state index is 11.8. The minimum absolute atomic E-state index is 0.0822. The summed E-state index contributed by atoms with van der Waals surface area (Å²) >= 11 is 11.3. The van der Waals surface area contributed by atoms with Gasteiger partial charge in [-0.2, -0.15) is 0 Å². The largest absolute Gasteiger partial charge is 0.331 e. The van der Waals surface area contributed by atoms with Crippen LogP contribution in [0, 0.1) is 4.77 Å². The zero-order chi connectivity index (χ0) is 13.6. The predicted octanol–water partition coefficient (Wildman–Crippen LogP) is 3.10. The summed E-state index contributed by atoms with van der Waals surface area (Å²) in [4.78, 5) is 3.09. The zero-order valence-electron chi connectivity index (χ0n) is 10.1. The van der Waals surface area contributed by atoms with Crippen LogP contribution in [0.15, 0.2) is 18.2 Å². The minimum Gasteiger partial charge on any atom is -0.331 e. The van der Waals surface area contributed by atoms with Crippen LogP contribution in [0.4, 0.5) is 0 Å². The zero-order valence-corrected chi connectivity index (χ0v) is 12.5. The molecule has 0 spiro atoms. The van der Waals surface area contributed by atoms with Crippen molar-refractivity contribution in [2.45, 2.75) is 18.9 Å². The van der Waals surface area contributed by atoms with E-state index in [0.717, 1.165) is 17.5 Å².